The lowest BCUT2D eigenvalue weighted by Gasteiger charge is -2.23. The molecule has 0 saturated carbocycles. The molecule has 9 heteroatoms. The molecule has 2 unspecified atom stereocenters. The van der Waals surface area contributed by atoms with Crippen LogP contribution in [0.25, 0.3) is 10.9 Å². The summed E-state index contributed by atoms with van der Waals surface area (Å²) in [5.74, 6) is 1.02. The molecule has 8 nitrogen and oxygen atoms in total. The molecule has 3 aromatic rings. The summed E-state index contributed by atoms with van der Waals surface area (Å²) in [5, 5.41) is 11.7. The lowest BCUT2D eigenvalue weighted by molar-refractivity contribution is 0.0783. The van der Waals surface area contributed by atoms with Gasteiger partial charge in [-0.25, -0.2) is 14.4 Å². The average molecular weight is 446 g/mol. The van der Waals surface area contributed by atoms with Crippen LogP contribution in [0.3, 0.4) is 0 Å². The van der Waals surface area contributed by atoms with E-state index < -0.39 is 0 Å². The Bertz CT molecular complexity index is 1250. The molecule has 2 aliphatic heterocycles. The van der Waals surface area contributed by atoms with Gasteiger partial charge in [0, 0.05) is 55.8 Å². The van der Waals surface area contributed by atoms with Gasteiger partial charge in [-0.1, -0.05) is 11.6 Å². The number of benzene rings is 2. The third kappa shape index (κ3) is 4.13. The minimum atomic E-state index is -0.298. The fourth-order valence-electron chi connectivity index (χ4n) is 4.72. The molecule has 5 rings (SSSR count). The number of anilines is 2. The largest absolute Gasteiger partial charge is 0.340 e. The highest BCUT2D eigenvalue weighted by molar-refractivity contribution is 6.14. The molecule has 2 aromatic carbocycles. The fourth-order valence-corrected chi connectivity index (χ4v) is 4.72. The predicted octanol–water partition coefficient (Wildman–Crippen LogP) is 3.33. The minimum Gasteiger partial charge on any atom is -0.340 e. The fraction of sp³-hybridized carbons (Fsp3) is 0.292. The Morgan fingerprint density at radius 3 is 2.73 bits per heavy atom. The van der Waals surface area contributed by atoms with Crippen LogP contribution in [0.4, 0.5) is 16.0 Å². The Morgan fingerprint density at radius 2 is 1.97 bits per heavy atom. The highest BCUT2D eigenvalue weighted by Crippen LogP contribution is 2.34. The molecule has 33 heavy (non-hydrogen) atoms. The van der Waals surface area contributed by atoms with Gasteiger partial charge in [0.05, 0.1) is 23.0 Å². The number of carbonyl (C=O) groups is 1. The van der Waals surface area contributed by atoms with Crippen molar-refractivity contribution in [3.63, 3.8) is 0 Å². The zero-order valence-corrected chi connectivity index (χ0v) is 18.2. The Hall–Kier alpha value is -3.88. The van der Waals surface area contributed by atoms with Gasteiger partial charge >= 0.3 is 0 Å². The third-order valence-corrected chi connectivity index (χ3v) is 6.32. The summed E-state index contributed by atoms with van der Waals surface area (Å²) in [6.07, 6.45) is 4.07. The zero-order valence-electron chi connectivity index (χ0n) is 18.2. The summed E-state index contributed by atoms with van der Waals surface area (Å²) in [5.41, 5.74) is 5.80. The minimum absolute atomic E-state index is 0.0174. The summed E-state index contributed by atoms with van der Waals surface area (Å²) in [6, 6.07) is 10.2. The van der Waals surface area contributed by atoms with Crippen LogP contribution >= 0.6 is 0 Å². The summed E-state index contributed by atoms with van der Waals surface area (Å²) in [6.45, 7) is 4.87. The normalized spacial score (nSPS) is 19.9. The predicted molar refractivity (Wildman–Crippen MR) is 127 cm³/mol. The van der Waals surface area contributed by atoms with Gasteiger partial charge in [-0.3, -0.25) is 10.2 Å². The van der Waals surface area contributed by atoms with Gasteiger partial charge < -0.3 is 15.2 Å². The van der Waals surface area contributed by atoms with Crippen molar-refractivity contribution in [3.8, 4) is 0 Å². The molecule has 0 aliphatic carbocycles. The SMILES string of the molecule is Cc1ccc(N/N=C\C=N)c(C(=O)N2CC3CN(c4ncc5cc(F)ccc5n4)CC3C2)c1. The van der Waals surface area contributed by atoms with E-state index in [-0.39, 0.29) is 11.7 Å². The van der Waals surface area contributed by atoms with E-state index in [9.17, 15) is 9.18 Å². The number of likely N-dealkylation sites (tertiary alicyclic amines) is 1. The van der Waals surface area contributed by atoms with Crippen molar-refractivity contribution in [3.05, 3.63) is 59.5 Å². The molecule has 2 fully saturated rings. The summed E-state index contributed by atoms with van der Waals surface area (Å²) < 4.78 is 13.4. The van der Waals surface area contributed by atoms with Crippen LogP contribution in [-0.4, -0.2) is 59.4 Å². The second-order valence-corrected chi connectivity index (χ2v) is 8.61. The number of hydrogen-bond donors (Lipinski definition) is 2. The van der Waals surface area contributed by atoms with Crippen LogP contribution < -0.4 is 10.3 Å². The number of hydrogen-bond acceptors (Lipinski definition) is 7. The van der Waals surface area contributed by atoms with Crippen molar-refractivity contribution in [2.45, 2.75) is 6.92 Å². The first-order chi connectivity index (χ1) is 16.0. The number of carbonyl (C=O) groups excluding carboxylic acids is 1. The highest BCUT2D eigenvalue weighted by Gasteiger charge is 2.42. The van der Waals surface area contributed by atoms with E-state index in [1.54, 1.807) is 12.3 Å². The van der Waals surface area contributed by atoms with Gasteiger partial charge in [-0.2, -0.15) is 5.10 Å². The van der Waals surface area contributed by atoms with Gasteiger partial charge in [0.25, 0.3) is 5.91 Å². The number of halogens is 1. The van der Waals surface area contributed by atoms with Gasteiger partial charge in [0.2, 0.25) is 5.95 Å². The molecule has 2 saturated heterocycles. The highest BCUT2D eigenvalue weighted by atomic mass is 19.1. The number of nitrogens with one attached hydrogen (secondary N) is 2. The molecule has 3 heterocycles. The van der Waals surface area contributed by atoms with Crippen LogP contribution in [-0.2, 0) is 0 Å². The summed E-state index contributed by atoms with van der Waals surface area (Å²) in [7, 11) is 0. The second kappa shape index (κ2) is 8.57. The molecular formula is C24H24FN7O. The average Bonchev–Trinajstić information content (AvgIpc) is 3.39. The van der Waals surface area contributed by atoms with Gasteiger partial charge in [-0.15, -0.1) is 0 Å². The lowest BCUT2D eigenvalue weighted by Crippen LogP contribution is -2.34. The molecular weight excluding hydrogens is 421 g/mol. The number of aryl methyl sites for hydroxylation is 1. The molecule has 2 aliphatic rings. The molecule has 0 spiro atoms. The molecule has 2 N–H and O–H groups in total. The standard InChI is InChI=1S/C24H24FN7O/c1-15-2-4-22(30-28-7-6-26)20(8-15)23(33)31-11-17-13-32(14-18(17)12-31)24-27-10-16-9-19(25)3-5-21(16)29-24/h2-10,17-18,26,30H,11-14H2,1H3/b26-6?,28-7-. The van der Waals surface area contributed by atoms with Gasteiger partial charge in [0.1, 0.15) is 5.82 Å². The molecule has 1 amide bonds. The summed E-state index contributed by atoms with van der Waals surface area (Å²) >= 11 is 0. The lowest BCUT2D eigenvalue weighted by atomic mass is 10.0. The van der Waals surface area contributed by atoms with Crippen LogP contribution in [0.1, 0.15) is 15.9 Å². The monoisotopic (exact) mass is 445 g/mol. The summed E-state index contributed by atoms with van der Waals surface area (Å²) in [4.78, 5) is 26.5. The topological polar surface area (TPSA) is 97.6 Å². The van der Waals surface area contributed by atoms with Gasteiger partial charge in [0.15, 0.2) is 0 Å². The van der Waals surface area contributed by atoms with E-state index >= 15 is 0 Å². The number of rotatable bonds is 5. The first-order valence-electron chi connectivity index (χ1n) is 10.9. The molecule has 0 bridgehead atoms. The van der Waals surface area contributed by atoms with Crippen molar-refractivity contribution < 1.29 is 9.18 Å². The van der Waals surface area contributed by atoms with E-state index in [1.165, 1.54) is 18.3 Å². The van der Waals surface area contributed by atoms with E-state index in [2.05, 4.69) is 25.4 Å². The van der Waals surface area contributed by atoms with Gasteiger partial charge in [-0.05, 0) is 37.3 Å². The molecule has 2 atom stereocenters. The van der Waals surface area contributed by atoms with E-state index in [1.807, 2.05) is 30.0 Å². The first-order valence-corrected chi connectivity index (χ1v) is 10.9. The van der Waals surface area contributed by atoms with E-state index in [0.717, 1.165) is 30.4 Å². The Morgan fingerprint density at radius 1 is 1.18 bits per heavy atom. The van der Waals surface area contributed by atoms with Crippen molar-refractivity contribution in [1.82, 2.24) is 14.9 Å². The maximum atomic E-state index is 13.4. The van der Waals surface area contributed by atoms with Crippen LogP contribution in [0, 0.1) is 30.0 Å². The Balaban J connectivity index is 1.29. The quantitative estimate of drug-likeness (QED) is 0.464. The molecule has 0 radical (unpaired) electrons. The Kier molecular flexibility index (Phi) is 5.45. The number of aromatic nitrogens is 2. The molecule has 1 aromatic heterocycles. The smallest absolute Gasteiger partial charge is 0.256 e. The number of fused-ring (bicyclic) bond motifs is 2. The van der Waals surface area contributed by atoms with Crippen LogP contribution in [0.15, 0.2) is 47.7 Å². The Labute approximate surface area is 190 Å². The van der Waals surface area contributed by atoms with Crippen molar-refractivity contribution in [2.75, 3.05) is 36.5 Å². The van der Waals surface area contributed by atoms with Crippen LogP contribution in [0.5, 0.6) is 0 Å². The zero-order chi connectivity index (χ0) is 22.9. The molecule has 168 valence electrons. The number of hydrazone groups is 1. The number of amides is 1. The number of nitrogens with zero attached hydrogens (tertiary/aromatic N) is 5. The van der Waals surface area contributed by atoms with Crippen molar-refractivity contribution in [1.29, 1.82) is 5.41 Å². The first kappa shape index (κ1) is 21.0. The maximum Gasteiger partial charge on any atom is 0.256 e. The maximum absolute atomic E-state index is 13.4. The third-order valence-electron chi connectivity index (χ3n) is 6.32. The van der Waals surface area contributed by atoms with Crippen molar-refractivity contribution in [2.24, 2.45) is 16.9 Å². The van der Waals surface area contributed by atoms with Crippen LogP contribution in [0.2, 0.25) is 0 Å². The van der Waals surface area contributed by atoms with E-state index in [0.29, 0.717) is 47.5 Å². The van der Waals surface area contributed by atoms with Crippen molar-refractivity contribution >= 4 is 40.9 Å². The second-order valence-electron chi connectivity index (χ2n) is 8.61. The van der Waals surface area contributed by atoms with E-state index in [4.69, 9.17) is 5.41 Å².